The number of hydrogen-bond acceptors (Lipinski definition) is 4. The lowest BCUT2D eigenvalue weighted by Gasteiger charge is -1.93. The summed E-state index contributed by atoms with van der Waals surface area (Å²) >= 11 is 0. The van der Waals surface area contributed by atoms with Gasteiger partial charge < -0.3 is 4.42 Å². The van der Waals surface area contributed by atoms with Crippen LogP contribution >= 0.6 is 0 Å². The minimum absolute atomic E-state index is 0.502. The summed E-state index contributed by atoms with van der Waals surface area (Å²) in [4.78, 5) is 12.1. The standard InChI is InChI=1S/C8H7N3O/c1-6-4-11-7(5-10-6)8-9-2-3-12-8/h2-5H,1H3. The Kier molecular flexibility index (Phi) is 1.59. The van der Waals surface area contributed by atoms with Crippen LogP contribution in [0.2, 0.25) is 0 Å². The number of oxazole rings is 1. The van der Waals surface area contributed by atoms with E-state index in [0.29, 0.717) is 11.6 Å². The molecule has 0 fully saturated rings. The Hall–Kier alpha value is -1.71. The third-order valence-corrected chi connectivity index (χ3v) is 1.43. The van der Waals surface area contributed by atoms with Gasteiger partial charge in [0, 0.05) is 6.20 Å². The van der Waals surface area contributed by atoms with Crippen molar-refractivity contribution in [2.45, 2.75) is 6.92 Å². The van der Waals surface area contributed by atoms with E-state index >= 15 is 0 Å². The van der Waals surface area contributed by atoms with Gasteiger partial charge >= 0.3 is 0 Å². The second-order valence-electron chi connectivity index (χ2n) is 2.38. The maximum atomic E-state index is 5.05. The Balaban J connectivity index is 2.43. The molecular weight excluding hydrogens is 154 g/mol. The van der Waals surface area contributed by atoms with Crippen LogP contribution in [0.25, 0.3) is 11.6 Å². The molecule has 0 radical (unpaired) electrons. The van der Waals surface area contributed by atoms with Crippen LogP contribution in [-0.4, -0.2) is 15.0 Å². The van der Waals surface area contributed by atoms with Gasteiger partial charge in [0.25, 0.3) is 0 Å². The molecule has 4 heteroatoms. The quantitative estimate of drug-likeness (QED) is 0.635. The molecule has 0 N–H and O–H groups in total. The molecule has 0 aromatic carbocycles. The number of hydrogen-bond donors (Lipinski definition) is 0. The van der Waals surface area contributed by atoms with E-state index in [0.717, 1.165) is 5.69 Å². The van der Waals surface area contributed by atoms with Crippen molar-refractivity contribution in [2.24, 2.45) is 0 Å². The first-order chi connectivity index (χ1) is 5.86. The summed E-state index contributed by atoms with van der Waals surface area (Å²) in [7, 11) is 0. The maximum Gasteiger partial charge on any atom is 0.246 e. The predicted octanol–water partition coefficient (Wildman–Crippen LogP) is 1.44. The van der Waals surface area contributed by atoms with Gasteiger partial charge in [0.2, 0.25) is 5.89 Å². The zero-order chi connectivity index (χ0) is 8.39. The van der Waals surface area contributed by atoms with Crippen LogP contribution in [0.15, 0.2) is 29.3 Å². The van der Waals surface area contributed by atoms with Crippen LogP contribution in [0.3, 0.4) is 0 Å². The summed E-state index contributed by atoms with van der Waals surface area (Å²) in [5.74, 6) is 0.502. The van der Waals surface area contributed by atoms with Crippen molar-refractivity contribution in [3.63, 3.8) is 0 Å². The fourth-order valence-corrected chi connectivity index (χ4v) is 0.853. The van der Waals surface area contributed by atoms with Gasteiger partial charge in [0.05, 0.1) is 18.1 Å². The highest BCUT2D eigenvalue weighted by atomic mass is 16.3. The second-order valence-corrected chi connectivity index (χ2v) is 2.38. The largest absolute Gasteiger partial charge is 0.443 e. The zero-order valence-corrected chi connectivity index (χ0v) is 6.56. The number of aromatic nitrogens is 3. The molecule has 2 aromatic heterocycles. The fraction of sp³-hybridized carbons (Fsp3) is 0.125. The highest BCUT2D eigenvalue weighted by Gasteiger charge is 2.02. The molecule has 60 valence electrons. The molecule has 2 heterocycles. The molecule has 0 saturated heterocycles. The molecule has 0 spiro atoms. The highest BCUT2D eigenvalue weighted by Crippen LogP contribution is 2.11. The van der Waals surface area contributed by atoms with Gasteiger partial charge in [0.15, 0.2) is 0 Å². The molecule has 0 unspecified atom stereocenters. The van der Waals surface area contributed by atoms with E-state index in [4.69, 9.17) is 4.42 Å². The van der Waals surface area contributed by atoms with Gasteiger partial charge in [-0.05, 0) is 6.92 Å². The molecule has 0 aliphatic heterocycles. The first-order valence-corrected chi connectivity index (χ1v) is 3.55. The summed E-state index contributed by atoms with van der Waals surface area (Å²) in [6.07, 6.45) is 6.41. The third-order valence-electron chi connectivity index (χ3n) is 1.43. The zero-order valence-electron chi connectivity index (χ0n) is 6.56. The normalized spacial score (nSPS) is 10.1. The minimum atomic E-state index is 0.502. The molecular formula is C8H7N3O. The first kappa shape index (κ1) is 6.97. The Morgan fingerprint density at radius 3 is 2.67 bits per heavy atom. The number of nitrogens with zero attached hydrogens (tertiary/aromatic N) is 3. The lowest BCUT2D eigenvalue weighted by Crippen LogP contribution is -1.87. The van der Waals surface area contributed by atoms with Crippen molar-refractivity contribution >= 4 is 0 Å². The van der Waals surface area contributed by atoms with Crippen molar-refractivity contribution in [2.75, 3.05) is 0 Å². The second kappa shape index (κ2) is 2.73. The van der Waals surface area contributed by atoms with Crippen molar-refractivity contribution in [1.82, 2.24) is 15.0 Å². The number of rotatable bonds is 1. The summed E-state index contributed by atoms with van der Waals surface area (Å²) < 4.78 is 5.05. The first-order valence-electron chi connectivity index (χ1n) is 3.55. The Morgan fingerprint density at radius 2 is 2.08 bits per heavy atom. The smallest absolute Gasteiger partial charge is 0.246 e. The molecule has 0 aliphatic rings. The molecule has 0 aliphatic carbocycles. The van der Waals surface area contributed by atoms with Crippen LogP contribution < -0.4 is 0 Å². The molecule has 12 heavy (non-hydrogen) atoms. The Bertz CT molecular complexity index is 352. The molecule has 0 bridgehead atoms. The van der Waals surface area contributed by atoms with Gasteiger partial charge in [-0.15, -0.1) is 0 Å². The van der Waals surface area contributed by atoms with Crippen molar-refractivity contribution in [3.8, 4) is 11.6 Å². The lowest BCUT2D eigenvalue weighted by molar-refractivity contribution is 0.571. The van der Waals surface area contributed by atoms with Crippen LogP contribution in [0.4, 0.5) is 0 Å². The minimum Gasteiger partial charge on any atom is -0.443 e. The molecule has 0 atom stereocenters. The van der Waals surface area contributed by atoms with E-state index in [1.54, 1.807) is 18.6 Å². The van der Waals surface area contributed by atoms with Gasteiger partial charge in [-0.2, -0.15) is 0 Å². The topological polar surface area (TPSA) is 51.8 Å². The van der Waals surface area contributed by atoms with Gasteiger partial charge in [-0.25, -0.2) is 9.97 Å². The molecule has 4 nitrogen and oxygen atoms in total. The molecule has 0 amide bonds. The van der Waals surface area contributed by atoms with E-state index in [-0.39, 0.29) is 0 Å². The molecule has 2 rings (SSSR count). The Morgan fingerprint density at radius 1 is 1.17 bits per heavy atom. The van der Waals surface area contributed by atoms with E-state index in [9.17, 15) is 0 Å². The monoisotopic (exact) mass is 161 g/mol. The molecule has 2 aromatic rings. The van der Waals surface area contributed by atoms with Crippen LogP contribution in [0.1, 0.15) is 5.69 Å². The summed E-state index contributed by atoms with van der Waals surface area (Å²) in [5.41, 5.74) is 1.54. The summed E-state index contributed by atoms with van der Waals surface area (Å²) in [5, 5.41) is 0. The third kappa shape index (κ3) is 1.18. The number of aryl methyl sites for hydroxylation is 1. The van der Waals surface area contributed by atoms with E-state index in [1.165, 1.54) is 6.26 Å². The average Bonchev–Trinajstić information content (AvgIpc) is 2.58. The SMILES string of the molecule is Cc1cnc(-c2ncco2)cn1. The fourth-order valence-electron chi connectivity index (χ4n) is 0.853. The van der Waals surface area contributed by atoms with E-state index < -0.39 is 0 Å². The van der Waals surface area contributed by atoms with Gasteiger partial charge in [0.1, 0.15) is 12.0 Å². The van der Waals surface area contributed by atoms with Crippen LogP contribution in [0, 0.1) is 6.92 Å². The molecule has 0 saturated carbocycles. The summed E-state index contributed by atoms with van der Waals surface area (Å²) in [6.45, 7) is 1.88. The lowest BCUT2D eigenvalue weighted by atomic mass is 10.4. The van der Waals surface area contributed by atoms with Gasteiger partial charge in [-0.1, -0.05) is 0 Å². The highest BCUT2D eigenvalue weighted by molar-refractivity contribution is 5.43. The predicted molar refractivity (Wildman–Crippen MR) is 42.3 cm³/mol. The van der Waals surface area contributed by atoms with Crippen LogP contribution in [0.5, 0.6) is 0 Å². The van der Waals surface area contributed by atoms with Crippen molar-refractivity contribution < 1.29 is 4.42 Å². The maximum absolute atomic E-state index is 5.05. The van der Waals surface area contributed by atoms with Crippen LogP contribution in [-0.2, 0) is 0 Å². The average molecular weight is 161 g/mol. The van der Waals surface area contributed by atoms with E-state index in [2.05, 4.69) is 15.0 Å². The van der Waals surface area contributed by atoms with E-state index in [1.807, 2.05) is 6.92 Å². The summed E-state index contributed by atoms with van der Waals surface area (Å²) in [6, 6.07) is 0. The van der Waals surface area contributed by atoms with Crippen molar-refractivity contribution in [1.29, 1.82) is 0 Å². The Labute approximate surface area is 69.3 Å². The van der Waals surface area contributed by atoms with Gasteiger partial charge in [-0.3, -0.25) is 4.98 Å². The van der Waals surface area contributed by atoms with Crippen molar-refractivity contribution in [3.05, 3.63) is 30.5 Å².